The lowest BCUT2D eigenvalue weighted by molar-refractivity contribution is -0.117. The van der Waals surface area contributed by atoms with Gasteiger partial charge in [0, 0.05) is 5.69 Å². The third-order valence-electron chi connectivity index (χ3n) is 2.96. The zero-order valence-corrected chi connectivity index (χ0v) is 11.3. The molecule has 0 saturated carbocycles. The lowest BCUT2D eigenvalue weighted by Crippen LogP contribution is -2.27. The van der Waals surface area contributed by atoms with Crippen molar-refractivity contribution in [1.82, 2.24) is 0 Å². The highest BCUT2D eigenvalue weighted by Crippen LogP contribution is 2.18. The van der Waals surface area contributed by atoms with Gasteiger partial charge in [-0.2, -0.15) is 11.3 Å². The predicted octanol–water partition coefficient (Wildman–Crippen LogP) is 3.00. The summed E-state index contributed by atoms with van der Waals surface area (Å²) in [6, 6.07) is 7.09. The van der Waals surface area contributed by atoms with Gasteiger partial charge in [0.05, 0.1) is 0 Å². The Hall–Kier alpha value is -1.65. The number of thiophene rings is 1. The van der Waals surface area contributed by atoms with E-state index >= 15 is 0 Å². The summed E-state index contributed by atoms with van der Waals surface area (Å²) < 4.78 is 0. The Morgan fingerprint density at radius 3 is 2.67 bits per heavy atom. The van der Waals surface area contributed by atoms with Gasteiger partial charge in [-0.25, -0.2) is 0 Å². The van der Waals surface area contributed by atoms with Crippen LogP contribution in [0.15, 0.2) is 35.0 Å². The van der Waals surface area contributed by atoms with Crippen molar-refractivity contribution in [3.05, 3.63) is 51.7 Å². The molecule has 1 amide bonds. The number of hydrogen-bond acceptors (Lipinski definition) is 3. The Kier molecular flexibility index (Phi) is 3.79. The summed E-state index contributed by atoms with van der Waals surface area (Å²) in [7, 11) is 0. The van der Waals surface area contributed by atoms with Crippen LogP contribution in [0.1, 0.15) is 22.7 Å². The molecule has 1 aromatic heterocycles. The Balaban J connectivity index is 2.09. The molecule has 1 heterocycles. The van der Waals surface area contributed by atoms with Gasteiger partial charge in [0.15, 0.2) is 0 Å². The second kappa shape index (κ2) is 5.33. The first kappa shape index (κ1) is 12.8. The van der Waals surface area contributed by atoms with E-state index in [0.29, 0.717) is 0 Å². The molecule has 2 rings (SSSR count). The zero-order valence-electron chi connectivity index (χ0n) is 10.4. The fraction of sp³-hybridized carbons (Fsp3) is 0.214. The van der Waals surface area contributed by atoms with E-state index in [1.54, 1.807) is 0 Å². The lowest BCUT2D eigenvalue weighted by atomic mass is 10.1. The molecule has 4 heteroatoms. The minimum Gasteiger partial charge on any atom is -0.324 e. The zero-order chi connectivity index (χ0) is 13.1. The van der Waals surface area contributed by atoms with E-state index in [4.69, 9.17) is 5.73 Å². The van der Waals surface area contributed by atoms with Crippen molar-refractivity contribution < 1.29 is 4.79 Å². The highest BCUT2D eigenvalue weighted by atomic mass is 32.1. The number of rotatable bonds is 3. The Morgan fingerprint density at radius 2 is 2.06 bits per heavy atom. The average molecular weight is 260 g/mol. The summed E-state index contributed by atoms with van der Waals surface area (Å²) in [5, 5.41) is 6.65. The monoisotopic (exact) mass is 260 g/mol. The van der Waals surface area contributed by atoms with Crippen molar-refractivity contribution in [3.63, 3.8) is 0 Å². The number of aryl methyl sites for hydroxylation is 2. The highest BCUT2D eigenvalue weighted by Gasteiger charge is 2.16. The molecule has 0 radical (unpaired) electrons. The Bertz CT molecular complexity index is 549. The van der Waals surface area contributed by atoms with E-state index in [1.165, 1.54) is 16.9 Å². The average Bonchev–Trinajstić information content (AvgIpc) is 2.86. The molecular formula is C14H16N2OS. The van der Waals surface area contributed by atoms with E-state index < -0.39 is 6.04 Å². The summed E-state index contributed by atoms with van der Waals surface area (Å²) in [4.78, 5) is 12.0. The second-order valence-electron chi connectivity index (χ2n) is 4.32. The van der Waals surface area contributed by atoms with Crippen molar-refractivity contribution in [1.29, 1.82) is 0 Å². The molecule has 1 aromatic carbocycles. The number of carbonyl (C=O) groups excluding carboxylic acids is 1. The van der Waals surface area contributed by atoms with Crippen molar-refractivity contribution >= 4 is 22.9 Å². The quantitative estimate of drug-likeness (QED) is 0.891. The smallest absolute Gasteiger partial charge is 0.245 e. The van der Waals surface area contributed by atoms with Crippen molar-refractivity contribution in [3.8, 4) is 0 Å². The van der Waals surface area contributed by atoms with Crippen LogP contribution < -0.4 is 11.1 Å². The van der Waals surface area contributed by atoms with E-state index in [2.05, 4.69) is 5.32 Å². The maximum atomic E-state index is 12.0. The number of hydrogen-bond donors (Lipinski definition) is 2. The fourth-order valence-electron chi connectivity index (χ4n) is 1.64. The van der Waals surface area contributed by atoms with Crippen LogP contribution in [0.25, 0.3) is 0 Å². The first-order chi connectivity index (χ1) is 8.58. The van der Waals surface area contributed by atoms with Crippen LogP contribution in [0.5, 0.6) is 0 Å². The molecular weight excluding hydrogens is 244 g/mol. The number of nitrogens with two attached hydrogens (primary N) is 1. The van der Waals surface area contributed by atoms with Gasteiger partial charge in [-0.3, -0.25) is 4.79 Å². The molecule has 0 aliphatic carbocycles. The number of benzene rings is 1. The van der Waals surface area contributed by atoms with Crippen LogP contribution in [0.3, 0.4) is 0 Å². The van der Waals surface area contributed by atoms with Crippen molar-refractivity contribution in [2.24, 2.45) is 5.73 Å². The van der Waals surface area contributed by atoms with Gasteiger partial charge in [-0.05, 0) is 59.5 Å². The number of amides is 1. The van der Waals surface area contributed by atoms with Gasteiger partial charge in [0.25, 0.3) is 0 Å². The number of carbonyl (C=O) groups is 1. The second-order valence-corrected chi connectivity index (χ2v) is 5.10. The molecule has 0 spiro atoms. The fourth-order valence-corrected chi connectivity index (χ4v) is 2.34. The largest absolute Gasteiger partial charge is 0.324 e. The minimum absolute atomic E-state index is 0.184. The lowest BCUT2D eigenvalue weighted by Gasteiger charge is -2.12. The van der Waals surface area contributed by atoms with Crippen LogP contribution >= 0.6 is 11.3 Å². The van der Waals surface area contributed by atoms with Crippen LogP contribution in [0.2, 0.25) is 0 Å². The molecule has 18 heavy (non-hydrogen) atoms. The molecule has 94 valence electrons. The standard InChI is InChI=1S/C14H16N2OS/c1-9-3-4-12(7-10(9)2)16-14(17)13(15)11-5-6-18-8-11/h3-8,13H,15H2,1-2H3,(H,16,17). The molecule has 0 fully saturated rings. The third kappa shape index (κ3) is 2.78. The van der Waals surface area contributed by atoms with Crippen LogP contribution in [0, 0.1) is 13.8 Å². The normalized spacial score (nSPS) is 12.2. The molecule has 1 unspecified atom stereocenters. The number of nitrogens with one attached hydrogen (secondary N) is 1. The summed E-state index contributed by atoms with van der Waals surface area (Å²) in [6.07, 6.45) is 0. The topological polar surface area (TPSA) is 55.1 Å². The summed E-state index contributed by atoms with van der Waals surface area (Å²) in [5.41, 5.74) is 9.88. The molecule has 0 saturated heterocycles. The van der Waals surface area contributed by atoms with Crippen molar-refractivity contribution in [2.45, 2.75) is 19.9 Å². The van der Waals surface area contributed by atoms with E-state index in [0.717, 1.165) is 16.8 Å². The SMILES string of the molecule is Cc1ccc(NC(=O)C(N)c2ccsc2)cc1C. The molecule has 0 aliphatic rings. The van der Waals surface area contributed by atoms with Gasteiger partial charge in [-0.15, -0.1) is 0 Å². The molecule has 3 nitrogen and oxygen atoms in total. The first-order valence-corrected chi connectivity index (χ1v) is 6.68. The molecule has 0 aliphatic heterocycles. The van der Waals surface area contributed by atoms with Crippen LogP contribution in [0.4, 0.5) is 5.69 Å². The van der Waals surface area contributed by atoms with Gasteiger partial charge in [0.1, 0.15) is 6.04 Å². The Morgan fingerprint density at radius 1 is 1.28 bits per heavy atom. The summed E-state index contributed by atoms with van der Waals surface area (Å²) in [6.45, 7) is 4.06. The maximum absolute atomic E-state index is 12.0. The maximum Gasteiger partial charge on any atom is 0.245 e. The van der Waals surface area contributed by atoms with Crippen LogP contribution in [-0.4, -0.2) is 5.91 Å². The van der Waals surface area contributed by atoms with E-state index in [1.807, 2.05) is 48.9 Å². The first-order valence-electron chi connectivity index (χ1n) is 5.73. The third-order valence-corrected chi connectivity index (χ3v) is 3.66. The molecule has 2 aromatic rings. The van der Waals surface area contributed by atoms with Gasteiger partial charge >= 0.3 is 0 Å². The molecule has 0 bridgehead atoms. The predicted molar refractivity (Wildman–Crippen MR) is 75.8 cm³/mol. The summed E-state index contributed by atoms with van der Waals surface area (Å²) >= 11 is 1.54. The van der Waals surface area contributed by atoms with Crippen LogP contribution in [-0.2, 0) is 4.79 Å². The van der Waals surface area contributed by atoms with Gasteiger partial charge in [-0.1, -0.05) is 6.07 Å². The summed E-state index contributed by atoms with van der Waals surface area (Å²) in [5.74, 6) is -0.184. The van der Waals surface area contributed by atoms with E-state index in [9.17, 15) is 4.79 Å². The highest BCUT2D eigenvalue weighted by molar-refractivity contribution is 7.08. The van der Waals surface area contributed by atoms with E-state index in [-0.39, 0.29) is 5.91 Å². The Labute approximate surface area is 111 Å². The van der Waals surface area contributed by atoms with Gasteiger partial charge < -0.3 is 11.1 Å². The molecule has 3 N–H and O–H groups in total. The minimum atomic E-state index is -0.613. The number of anilines is 1. The van der Waals surface area contributed by atoms with Gasteiger partial charge in [0.2, 0.25) is 5.91 Å². The van der Waals surface area contributed by atoms with Crippen molar-refractivity contribution in [2.75, 3.05) is 5.32 Å². The molecule has 1 atom stereocenters.